The van der Waals surface area contributed by atoms with Crippen LogP contribution in [0.25, 0.3) is 0 Å². The van der Waals surface area contributed by atoms with E-state index in [9.17, 15) is 29.1 Å². The van der Waals surface area contributed by atoms with Crippen LogP contribution in [-0.4, -0.2) is 39.9 Å². The van der Waals surface area contributed by atoms with Crippen LogP contribution >= 0.6 is 39.1 Å². The minimum atomic E-state index is -2.48. The summed E-state index contributed by atoms with van der Waals surface area (Å²) in [6, 6.07) is 14.7. The summed E-state index contributed by atoms with van der Waals surface area (Å²) in [6.07, 6.45) is -1.34. The van der Waals surface area contributed by atoms with E-state index in [1.165, 1.54) is 61.5 Å². The van der Waals surface area contributed by atoms with Crippen LogP contribution in [0, 0.1) is 11.8 Å². The molecule has 1 saturated heterocycles. The van der Waals surface area contributed by atoms with Crippen molar-refractivity contribution < 1.29 is 33.8 Å². The fraction of sp³-hybridized carbons (Fsp3) is 0.179. The maximum absolute atomic E-state index is 13.8. The van der Waals surface area contributed by atoms with Crippen molar-refractivity contribution in [1.82, 2.24) is 0 Å². The van der Waals surface area contributed by atoms with E-state index in [2.05, 4.69) is 21.2 Å². The van der Waals surface area contributed by atoms with Crippen molar-refractivity contribution in [3.8, 4) is 0 Å². The fourth-order valence-corrected chi connectivity index (χ4v) is 5.83. The minimum absolute atomic E-state index is 0.00298. The Morgan fingerprint density at radius 2 is 1.59 bits per heavy atom. The molecule has 2 aliphatic rings. The summed E-state index contributed by atoms with van der Waals surface area (Å²) >= 11 is 15.6. The molecule has 5 rings (SSSR count). The topological polar surface area (TPSA) is 127 Å². The van der Waals surface area contributed by atoms with Crippen LogP contribution in [0.3, 0.4) is 0 Å². The van der Waals surface area contributed by atoms with E-state index in [1.54, 1.807) is 6.07 Å². The number of ether oxygens (including phenoxy) is 1. The zero-order chi connectivity index (χ0) is 28.2. The first kappa shape index (κ1) is 27.2. The maximum Gasteiger partial charge on any atom is 0.311 e. The van der Waals surface area contributed by atoms with Gasteiger partial charge in [0.05, 0.1) is 22.1 Å². The Labute approximate surface area is 240 Å². The summed E-state index contributed by atoms with van der Waals surface area (Å²) in [6.45, 7) is 1.40. The van der Waals surface area contributed by atoms with Gasteiger partial charge < -0.3 is 15.2 Å². The van der Waals surface area contributed by atoms with E-state index < -0.39 is 47.0 Å². The molecule has 1 aliphatic carbocycles. The van der Waals surface area contributed by atoms with E-state index in [0.717, 1.165) is 0 Å². The van der Waals surface area contributed by atoms with E-state index in [4.69, 9.17) is 27.9 Å². The standard InChI is InChI=1S/C28H18BrCl2NO7/c1-12(33)13-2-6-16(7-3-13)32-26(36)21-22(27(37)38)28(39-23(21)14-4-9-19(30)20(31)10-14)24(34)17-8-5-15(29)11-18(17)25(28)35/h2-11,21-23H,1H3,(H,32,36)(H,37,38). The van der Waals surface area contributed by atoms with Gasteiger partial charge in [0.2, 0.25) is 23.1 Å². The number of aliphatic carboxylic acids is 1. The van der Waals surface area contributed by atoms with Gasteiger partial charge in [-0.1, -0.05) is 45.2 Å². The van der Waals surface area contributed by atoms with Crippen LogP contribution in [0.15, 0.2) is 65.1 Å². The highest BCUT2D eigenvalue weighted by Gasteiger charge is 2.71. The van der Waals surface area contributed by atoms with Crippen LogP contribution in [-0.2, 0) is 14.3 Å². The van der Waals surface area contributed by atoms with Gasteiger partial charge in [0.1, 0.15) is 5.92 Å². The Kier molecular flexibility index (Phi) is 6.97. The first-order valence-corrected chi connectivity index (χ1v) is 13.2. The number of carboxylic acid groups (broad SMARTS) is 1. The molecule has 8 nitrogen and oxygen atoms in total. The first-order valence-electron chi connectivity index (χ1n) is 11.6. The third-order valence-electron chi connectivity index (χ3n) is 6.98. The molecule has 0 bridgehead atoms. The smallest absolute Gasteiger partial charge is 0.311 e. The molecule has 0 saturated carbocycles. The summed E-state index contributed by atoms with van der Waals surface area (Å²) in [5, 5.41) is 13.4. The second kappa shape index (κ2) is 9.98. The molecular formula is C28H18BrCl2NO7. The van der Waals surface area contributed by atoms with Crippen molar-refractivity contribution in [2.75, 3.05) is 5.32 Å². The highest BCUT2D eigenvalue weighted by atomic mass is 79.9. The molecule has 3 aromatic carbocycles. The van der Waals surface area contributed by atoms with Gasteiger partial charge in [0.15, 0.2) is 5.78 Å². The second-order valence-electron chi connectivity index (χ2n) is 9.26. The second-order valence-corrected chi connectivity index (χ2v) is 11.0. The number of benzene rings is 3. The summed E-state index contributed by atoms with van der Waals surface area (Å²) in [5.41, 5.74) is -1.53. The molecule has 1 spiro atoms. The summed E-state index contributed by atoms with van der Waals surface area (Å²) in [7, 11) is 0. The average Bonchev–Trinajstić information content (AvgIpc) is 3.36. The molecule has 0 radical (unpaired) electrons. The first-order chi connectivity index (χ1) is 18.5. The lowest BCUT2D eigenvalue weighted by atomic mass is 9.75. The summed E-state index contributed by atoms with van der Waals surface area (Å²) in [5.74, 6) is -7.62. The lowest BCUT2D eigenvalue weighted by Crippen LogP contribution is -2.52. The fourth-order valence-electron chi connectivity index (χ4n) is 5.16. The van der Waals surface area contributed by atoms with Gasteiger partial charge in [-0.15, -0.1) is 0 Å². The zero-order valence-corrected chi connectivity index (χ0v) is 23.1. The number of anilines is 1. The lowest BCUT2D eigenvalue weighted by molar-refractivity contribution is -0.147. The number of ketones is 3. The van der Waals surface area contributed by atoms with Crippen molar-refractivity contribution in [3.05, 3.63) is 97.4 Å². The van der Waals surface area contributed by atoms with Gasteiger partial charge >= 0.3 is 5.97 Å². The number of hydrogen-bond donors (Lipinski definition) is 2. The van der Waals surface area contributed by atoms with E-state index in [-0.39, 0.29) is 38.2 Å². The van der Waals surface area contributed by atoms with Gasteiger partial charge in [0.25, 0.3) is 0 Å². The molecular weight excluding hydrogens is 613 g/mol. The number of fused-ring (bicyclic) bond motifs is 1. The molecule has 11 heteroatoms. The Morgan fingerprint density at radius 1 is 0.923 bits per heavy atom. The van der Waals surface area contributed by atoms with E-state index in [0.29, 0.717) is 10.0 Å². The SMILES string of the molecule is CC(=O)c1ccc(NC(=O)C2C(c3ccc(Cl)c(Cl)c3)OC3(C(=O)c4ccc(Br)cc4C3=O)C2C(=O)O)cc1. The Balaban J connectivity index is 1.64. The number of carbonyl (C=O) groups is 5. The largest absolute Gasteiger partial charge is 0.481 e. The number of halogens is 3. The van der Waals surface area contributed by atoms with Crippen molar-refractivity contribution in [2.45, 2.75) is 18.6 Å². The molecule has 1 fully saturated rings. The number of amides is 1. The molecule has 1 aliphatic heterocycles. The van der Waals surface area contributed by atoms with E-state index in [1.807, 2.05) is 0 Å². The molecule has 1 heterocycles. The third kappa shape index (κ3) is 4.39. The predicted molar refractivity (Wildman–Crippen MR) is 146 cm³/mol. The molecule has 4 atom stereocenters. The van der Waals surface area contributed by atoms with Crippen LogP contribution in [0.2, 0.25) is 10.0 Å². The summed E-state index contributed by atoms with van der Waals surface area (Å²) in [4.78, 5) is 65.7. The Morgan fingerprint density at radius 3 is 2.21 bits per heavy atom. The Hall–Kier alpha value is -3.37. The summed E-state index contributed by atoms with van der Waals surface area (Å²) < 4.78 is 6.64. The maximum atomic E-state index is 13.8. The number of nitrogens with one attached hydrogen (secondary N) is 1. The van der Waals surface area contributed by atoms with Crippen molar-refractivity contribution in [1.29, 1.82) is 0 Å². The third-order valence-corrected chi connectivity index (χ3v) is 8.21. The molecule has 4 unspecified atom stereocenters. The zero-order valence-electron chi connectivity index (χ0n) is 20.0. The monoisotopic (exact) mass is 629 g/mol. The van der Waals surface area contributed by atoms with Gasteiger partial charge in [-0.2, -0.15) is 0 Å². The number of hydrogen-bond acceptors (Lipinski definition) is 6. The van der Waals surface area contributed by atoms with Crippen LogP contribution in [0.5, 0.6) is 0 Å². The van der Waals surface area contributed by atoms with Crippen molar-refractivity contribution in [3.63, 3.8) is 0 Å². The highest BCUT2D eigenvalue weighted by Crippen LogP contribution is 2.54. The number of carboxylic acids is 1. The lowest BCUT2D eigenvalue weighted by Gasteiger charge is -2.25. The van der Waals surface area contributed by atoms with Crippen molar-refractivity contribution >= 4 is 74.0 Å². The molecule has 0 aromatic heterocycles. The molecule has 2 N–H and O–H groups in total. The average molecular weight is 631 g/mol. The normalized spacial score (nSPS) is 23.6. The molecule has 198 valence electrons. The molecule has 39 heavy (non-hydrogen) atoms. The van der Waals surface area contributed by atoms with Gasteiger partial charge in [-0.05, 0) is 67.1 Å². The quantitative estimate of drug-likeness (QED) is 0.269. The number of carbonyl (C=O) groups excluding carboxylic acids is 4. The highest BCUT2D eigenvalue weighted by molar-refractivity contribution is 9.10. The van der Waals surface area contributed by atoms with Gasteiger partial charge in [0, 0.05) is 26.9 Å². The Bertz CT molecular complexity index is 1590. The molecule has 3 aromatic rings. The number of Topliss-reactive ketones (excluding diaryl/α,β-unsaturated/α-hetero) is 3. The van der Waals surface area contributed by atoms with Gasteiger partial charge in [-0.3, -0.25) is 24.0 Å². The minimum Gasteiger partial charge on any atom is -0.481 e. The van der Waals surface area contributed by atoms with Crippen LogP contribution < -0.4 is 5.32 Å². The molecule has 1 amide bonds. The number of rotatable bonds is 5. The van der Waals surface area contributed by atoms with Crippen LogP contribution in [0.4, 0.5) is 5.69 Å². The van der Waals surface area contributed by atoms with Gasteiger partial charge in [-0.25, -0.2) is 0 Å². The van der Waals surface area contributed by atoms with Crippen molar-refractivity contribution in [2.24, 2.45) is 11.8 Å². The van der Waals surface area contributed by atoms with E-state index >= 15 is 0 Å². The predicted octanol–water partition coefficient (Wildman–Crippen LogP) is 5.80. The van der Waals surface area contributed by atoms with Crippen LogP contribution in [0.1, 0.15) is 49.7 Å².